The molecule has 15 nitrogen and oxygen atoms in total. The molecule has 32 heavy (non-hydrogen) atoms. The molecule has 0 amide bonds. The van der Waals surface area contributed by atoms with Crippen molar-refractivity contribution in [1.82, 2.24) is 4.98 Å². The maximum Gasteiger partial charge on any atom is 0.490 e. The fraction of sp³-hybridized carbons (Fsp3) is 0.615. The van der Waals surface area contributed by atoms with Gasteiger partial charge in [0.25, 0.3) is 5.56 Å². The van der Waals surface area contributed by atoms with Crippen LogP contribution in [0.5, 0.6) is 0 Å². The highest BCUT2D eigenvalue weighted by atomic mass is 31.3. The molecule has 1 aromatic heterocycles. The van der Waals surface area contributed by atoms with Crippen molar-refractivity contribution in [2.45, 2.75) is 38.3 Å². The normalized spacial score (nSPS) is 27.8. The number of aromatic amines is 1. The zero-order valence-corrected chi connectivity index (χ0v) is 19.3. The predicted molar refractivity (Wildman–Crippen MR) is 101 cm³/mol. The van der Waals surface area contributed by atoms with E-state index in [1.54, 1.807) is 0 Å². The number of H-pyrrole nitrogens is 1. The molecule has 2 heterocycles. The van der Waals surface area contributed by atoms with Crippen LogP contribution in [-0.2, 0) is 36.3 Å². The number of nitrogens with one attached hydrogen (secondary N) is 1. The maximum absolute atomic E-state index is 14.7. The highest BCUT2D eigenvalue weighted by Crippen LogP contribution is 2.66. The van der Waals surface area contributed by atoms with Crippen molar-refractivity contribution in [2.24, 2.45) is 0 Å². The van der Waals surface area contributed by atoms with E-state index in [0.29, 0.717) is 0 Å². The summed E-state index contributed by atoms with van der Waals surface area (Å²) in [4.78, 5) is 49.8. The number of ether oxygens (including phenoxy) is 2. The summed E-state index contributed by atoms with van der Waals surface area (Å²) in [5, 5.41) is 10.4. The number of hydrogen-bond acceptors (Lipinski definition) is 10. The highest BCUT2D eigenvalue weighted by Gasteiger charge is 2.48. The summed E-state index contributed by atoms with van der Waals surface area (Å²) < 4.78 is 70.8. The molecule has 1 aliphatic heterocycles. The van der Waals surface area contributed by atoms with E-state index in [0.717, 1.165) is 0 Å². The quantitative estimate of drug-likeness (QED) is 0.237. The van der Waals surface area contributed by atoms with E-state index in [-0.39, 0.29) is 16.8 Å². The molecule has 19 heteroatoms. The average molecular weight is 527 g/mol. The van der Waals surface area contributed by atoms with Gasteiger partial charge in [-0.1, -0.05) is 0 Å². The molecule has 3 unspecified atom stereocenters. The van der Waals surface area contributed by atoms with E-state index < -0.39 is 65.9 Å². The number of halogens is 1. The number of aliphatic hydroxyl groups is 1. The fourth-order valence-corrected chi connectivity index (χ4v) is 6.01. The lowest BCUT2D eigenvalue weighted by Crippen LogP contribution is -2.34. The number of aryl methyl sites for hydroxylation is 1. The van der Waals surface area contributed by atoms with Gasteiger partial charge >= 0.3 is 23.5 Å². The molecule has 2 rings (SSSR count). The van der Waals surface area contributed by atoms with E-state index in [1.807, 2.05) is 0 Å². The van der Waals surface area contributed by atoms with E-state index in [1.165, 1.54) is 21.0 Å². The minimum absolute atomic E-state index is 0.0749. The minimum Gasteiger partial charge on any atom is -0.387 e. The van der Waals surface area contributed by atoms with Crippen molar-refractivity contribution >= 4 is 23.5 Å². The third-order valence-electron chi connectivity index (χ3n) is 4.32. The Bertz CT molecular complexity index is 1060. The Morgan fingerprint density at radius 2 is 1.69 bits per heavy atom. The van der Waals surface area contributed by atoms with Gasteiger partial charge in [-0.05, 0) is 13.8 Å². The van der Waals surface area contributed by atoms with Crippen LogP contribution in [0, 0.1) is 19.7 Å². The Morgan fingerprint density at radius 1 is 1.09 bits per heavy atom. The van der Waals surface area contributed by atoms with Gasteiger partial charge in [0.1, 0.15) is 30.2 Å². The monoisotopic (exact) mass is 527 g/mol. The Morgan fingerprint density at radius 3 is 2.22 bits per heavy atom. The van der Waals surface area contributed by atoms with E-state index in [4.69, 9.17) is 24.2 Å². The summed E-state index contributed by atoms with van der Waals surface area (Å²) in [7, 11) is -15.6. The van der Waals surface area contributed by atoms with Crippen LogP contribution in [0.2, 0.25) is 0 Å². The molecule has 184 valence electrons. The van der Waals surface area contributed by atoms with Crippen LogP contribution in [0.15, 0.2) is 4.79 Å². The third-order valence-corrected chi connectivity index (χ3v) is 8.13. The molecule has 0 radical (unpaired) electrons. The maximum atomic E-state index is 14.7. The average Bonchev–Trinajstić information content (AvgIpc) is 2.90. The second kappa shape index (κ2) is 9.80. The zero-order chi connectivity index (χ0) is 24.6. The van der Waals surface area contributed by atoms with E-state index in [9.17, 15) is 32.9 Å². The lowest BCUT2D eigenvalue weighted by atomic mass is 9.98. The molecule has 0 aromatic carbocycles. The van der Waals surface area contributed by atoms with Crippen molar-refractivity contribution in [3.05, 3.63) is 33.0 Å². The molecular formula is C13H21FNO14P3. The number of phosphoric ester groups is 1. The topological polar surface area (TPSA) is 231 Å². The van der Waals surface area contributed by atoms with Crippen LogP contribution in [0.25, 0.3) is 0 Å². The Hall–Kier alpha value is -0.830. The van der Waals surface area contributed by atoms with Gasteiger partial charge in [-0.3, -0.25) is 9.32 Å². The summed E-state index contributed by atoms with van der Waals surface area (Å²) in [6, 6.07) is 0. The largest absolute Gasteiger partial charge is 0.490 e. The van der Waals surface area contributed by atoms with Crippen LogP contribution in [-0.4, -0.2) is 61.7 Å². The van der Waals surface area contributed by atoms with Crippen molar-refractivity contribution in [2.75, 3.05) is 13.7 Å². The molecule has 1 aromatic rings. The number of hydrogen-bond donors (Lipinski definition) is 6. The van der Waals surface area contributed by atoms with Gasteiger partial charge in [-0.25, -0.2) is 18.1 Å². The molecular weight excluding hydrogens is 506 g/mol. The minimum atomic E-state index is -5.73. The standard InChI is InChI=1S/C13H21FNO14P3/c1-5-9(14)8(6(2)15-13(5)17)11-12(25-3)10(16)7(27-11)4-26-31(21,22)29-32(23,24)28-30(18,19)20/h7,10-12,16H,4H2,1-3H3,(H,15,17)(H,21,22)(H,23,24)(H2,18,19,20)/t7-,10?,11+,12+/m1/s1. The molecule has 6 atom stereocenters. The number of methoxy groups -OCH3 is 1. The first-order valence-corrected chi connectivity index (χ1v) is 13.0. The Labute approximate surface area is 179 Å². The summed E-state index contributed by atoms with van der Waals surface area (Å²) in [5.74, 6) is -0.918. The fourth-order valence-electron chi connectivity index (χ4n) is 2.98. The van der Waals surface area contributed by atoms with Crippen molar-refractivity contribution in [1.29, 1.82) is 0 Å². The molecule has 0 spiro atoms. The molecule has 0 saturated carbocycles. The van der Waals surface area contributed by atoms with Crippen molar-refractivity contribution < 1.29 is 65.4 Å². The van der Waals surface area contributed by atoms with Gasteiger partial charge in [-0.2, -0.15) is 8.62 Å². The van der Waals surface area contributed by atoms with E-state index >= 15 is 0 Å². The van der Waals surface area contributed by atoms with Crippen LogP contribution in [0.3, 0.4) is 0 Å². The first-order chi connectivity index (χ1) is 14.5. The van der Waals surface area contributed by atoms with Crippen molar-refractivity contribution in [3.63, 3.8) is 0 Å². The summed E-state index contributed by atoms with van der Waals surface area (Å²) >= 11 is 0. The highest BCUT2D eigenvalue weighted by molar-refractivity contribution is 7.66. The number of rotatable bonds is 9. The smallest absolute Gasteiger partial charge is 0.387 e. The first kappa shape index (κ1) is 27.4. The van der Waals surface area contributed by atoms with Gasteiger partial charge in [0.15, 0.2) is 0 Å². The van der Waals surface area contributed by atoms with Gasteiger partial charge < -0.3 is 39.1 Å². The van der Waals surface area contributed by atoms with Gasteiger partial charge in [0.2, 0.25) is 0 Å². The van der Waals surface area contributed by atoms with Gasteiger partial charge in [-0.15, -0.1) is 0 Å². The lowest BCUT2D eigenvalue weighted by Gasteiger charge is -2.21. The third kappa shape index (κ3) is 6.61. The van der Waals surface area contributed by atoms with Gasteiger partial charge in [0, 0.05) is 18.4 Å². The molecule has 6 N–H and O–H groups in total. The Balaban J connectivity index is 2.19. The second-order valence-corrected chi connectivity index (χ2v) is 11.0. The Kier molecular flexibility index (Phi) is 8.40. The van der Waals surface area contributed by atoms with Crippen LogP contribution >= 0.6 is 23.5 Å². The number of aliphatic hydroxyl groups excluding tert-OH is 1. The van der Waals surface area contributed by atoms with Crippen LogP contribution in [0.1, 0.15) is 22.9 Å². The van der Waals surface area contributed by atoms with Gasteiger partial charge in [0.05, 0.1) is 12.2 Å². The van der Waals surface area contributed by atoms with Crippen molar-refractivity contribution in [3.8, 4) is 0 Å². The molecule has 0 bridgehead atoms. The SMILES string of the molecule is CO[C@H]1C(O)[C@@H](COP(=O)(O)OP(=O)(O)OP(=O)(O)O)O[C@H]1c1c(C)[nH]c(=O)c(C)c1F. The summed E-state index contributed by atoms with van der Waals surface area (Å²) in [6.07, 6.45) is -5.53. The second-order valence-electron chi connectivity index (χ2n) is 6.60. The van der Waals surface area contributed by atoms with E-state index in [2.05, 4.69) is 18.1 Å². The molecule has 1 saturated heterocycles. The number of phosphoric acid groups is 3. The molecule has 1 fully saturated rings. The zero-order valence-electron chi connectivity index (χ0n) is 16.6. The number of pyridine rings is 1. The molecule has 0 aliphatic carbocycles. The predicted octanol–water partition coefficient (Wildman–Crippen LogP) is 0.290. The van der Waals surface area contributed by atoms with Crippen LogP contribution < -0.4 is 5.56 Å². The first-order valence-electron chi connectivity index (χ1n) is 8.51. The summed E-state index contributed by atoms with van der Waals surface area (Å²) in [6.45, 7) is 1.63. The lowest BCUT2D eigenvalue weighted by molar-refractivity contribution is -0.0246. The number of aromatic nitrogens is 1. The molecule has 1 aliphatic rings. The summed E-state index contributed by atoms with van der Waals surface area (Å²) in [5.41, 5.74) is -1.00. The van der Waals surface area contributed by atoms with Crippen LogP contribution in [0.4, 0.5) is 4.39 Å².